The molecule has 2 fully saturated rings. The van der Waals surface area contributed by atoms with E-state index in [1.54, 1.807) is 17.5 Å². The molecular formula is C18H24N8O5S3. The van der Waals surface area contributed by atoms with Crippen molar-refractivity contribution in [2.45, 2.75) is 49.0 Å². The Hall–Kier alpha value is -2.56. The Morgan fingerprint density at radius 1 is 1.35 bits per heavy atom. The number of rotatable bonds is 8. The van der Waals surface area contributed by atoms with Gasteiger partial charge in [0, 0.05) is 9.62 Å². The summed E-state index contributed by atoms with van der Waals surface area (Å²) in [7, 11) is -3.78. The second kappa shape index (κ2) is 8.90. The van der Waals surface area contributed by atoms with Gasteiger partial charge in [-0.2, -0.15) is 0 Å². The van der Waals surface area contributed by atoms with Crippen LogP contribution < -0.4 is 16.4 Å². The van der Waals surface area contributed by atoms with Crippen LogP contribution in [0, 0.1) is 0 Å². The molecule has 2 aromatic heterocycles. The third kappa shape index (κ3) is 4.08. The Morgan fingerprint density at radius 3 is 2.71 bits per heavy atom. The van der Waals surface area contributed by atoms with Crippen molar-refractivity contribution < 1.29 is 22.8 Å². The minimum Gasteiger partial charge on any atom is -0.340 e. The van der Waals surface area contributed by atoms with Gasteiger partial charge in [-0.05, 0) is 42.6 Å². The van der Waals surface area contributed by atoms with E-state index in [0.29, 0.717) is 4.88 Å². The molecule has 184 valence electrons. The Kier molecular flexibility index (Phi) is 6.43. The highest BCUT2D eigenvalue weighted by Gasteiger charge is 2.64. The fraction of sp³-hybridized carbons (Fsp3) is 0.556. The molecule has 2 aliphatic rings. The first-order chi connectivity index (χ1) is 16.0. The Balaban J connectivity index is 1.57. The zero-order valence-electron chi connectivity index (χ0n) is 18.5. The highest BCUT2D eigenvalue weighted by atomic mass is 32.2. The molecule has 4 N–H and O–H groups in total. The standard InChI is InChI=1S/C18H24N8O5S3/c1-4-34(30,31)26-14(22-23-24-26)13-18(2,3)33-17-12(16(29)25(13)17)21-15(28)11(20-10(27)8-19)9-6-5-7-32-9/h5-7,11-13,17H,4,8,19H2,1-3H3,(H,20,27)(H,21,28). The average Bonchev–Trinajstić information content (AvgIpc) is 3.53. The normalized spacial score (nSPS) is 24.3. The molecule has 0 spiro atoms. The van der Waals surface area contributed by atoms with Crippen LogP contribution in [0.1, 0.15) is 43.6 Å². The van der Waals surface area contributed by atoms with Gasteiger partial charge in [-0.25, -0.2) is 8.42 Å². The van der Waals surface area contributed by atoms with E-state index < -0.39 is 50.1 Å². The van der Waals surface area contributed by atoms with Crippen molar-refractivity contribution in [1.82, 2.24) is 35.1 Å². The smallest absolute Gasteiger partial charge is 0.256 e. The summed E-state index contributed by atoms with van der Waals surface area (Å²) < 4.78 is 25.1. The van der Waals surface area contributed by atoms with Crippen LogP contribution >= 0.6 is 23.1 Å². The maximum atomic E-state index is 13.2. The molecule has 0 radical (unpaired) electrons. The summed E-state index contributed by atoms with van der Waals surface area (Å²) in [4.78, 5) is 40.2. The Bertz CT molecular complexity index is 1210. The molecule has 0 bridgehead atoms. The molecule has 0 aliphatic carbocycles. The lowest BCUT2D eigenvalue weighted by atomic mass is 9.95. The number of hydrogen-bond acceptors (Lipinski definition) is 11. The highest BCUT2D eigenvalue weighted by Crippen LogP contribution is 2.57. The number of hydrogen-bond donors (Lipinski definition) is 3. The minimum absolute atomic E-state index is 0.0478. The van der Waals surface area contributed by atoms with E-state index in [4.69, 9.17) is 5.73 Å². The average molecular weight is 529 g/mol. The molecular weight excluding hydrogens is 504 g/mol. The van der Waals surface area contributed by atoms with Gasteiger partial charge in [0.25, 0.3) is 10.0 Å². The topological polar surface area (TPSA) is 182 Å². The van der Waals surface area contributed by atoms with Crippen molar-refractivity contribution in [3.05, 3.63) is 28.2 Å². The molecule has 13 nitrogen and oxygen atoms in total. The Labute approximate surface area is 203 Å². The van der Waals surface area contributed by atoms with Gasteiger partial charge in [0.15, 0.2) is 5.82 Å². The summed E-state index contributed by atoms with van der Waals surface area (Å²) in [5.41, 5.74) is 5.38. The molecule has 2 saturated heterocycles. The van der Waals surface area contributed by atoms with Crippen molar-refractivity contribution in [3.63, 3.8) is 0 Å². The fourth-order valence-electron chi connectivity index (χ4n) is 4.01. The second-order valence-corrected chi connectivity index (χ2v) is 13.1. The van der Waals surface area contributed by atoms with Crippen LogP contribution in [0.2, 0.25) is 0 Å². The van der Waals surface area contributed by atoms with Gasteiger partial charge in [-0.1, -0.05) is 6.07 Å². The summed E-state index contributed by atoms with van der Waals surface area (Å²) in [6, 6.07) is 0.892. The number of aromatic nitrogens is 4. The van der Waals surface area contributed by atoms with E-state index in [2.05, 4.69) is 26.2 Å². The molecule has 16 heteroatoms. The largest absolute Gasteiger partial charge is 0.340 e. The number of nitrogens with zero attached hydrogens (tertiary/aromatic N) is 5. The molecule has 4 heterocycles. The Morgan fingerprint density at radius 2 is 2.09 bits per heavy atom. The maximum absolute atomic E-state index is 13.2. The molecule has 4 atom stereocenters. The fourth-order valence-corrected chi connectivity index (χ4v) is 7.22. The van der Waals surface area contributed by atoms with E-state index >= 15 is 0 Å². The second-order valence-electron chi connectivity index (χ2n) is 8.25. The van der Waals surface area contributed by atoms with Gasteiger partial charge >= 0.3 is 0 Å². The summed E-state index contributed by atoms with van der Waals surface area (Å²) >= 11 is 2.70. The monoisotopic (exact) mass is 528 g/mol. The van der Waals surface area contributed by atoms with Crippen LogP contribution in [-0.2, 0) is 24.4 Å². The maximum Gasteiger partial charge on any atom is 0.256 e. The first kappa shape index (κ1) is 24.6. The molecule has 0 saturated carbocycles. The van der Waals surface area contributed by atoms with Crippen LogP contribution in [-0.4, -0.2) is 79.1 Å². The third-order valence-electron chi connectivity index (χ3n) is 5.66. The van der Waals surface area contributed by atoms with Gasteiger partial charge in [0.2, 0.25) is 17.7 Å². The van der Waals surface area contributed by atoms with Crippen molar-refractivity contribution in [2.75, 3.05) is 12.3 Å². The first-order valence-corrected chi connectivity index (χ1v) is 13.7. The van der Waals surface area contributed by atoms with Crippen LogP contribution in [0.3, 0.4) is 0 Å². The lowest BCUT2D eigenvalue weighted by molar-refractivity contribution is -0.152. The van der Waals surface area contributed by atoms with Crippen molar-refractivity contribution in [1.29, 1.82) is 0 Å². The van der Waals surface area contributed by atoms with E-state index in [-0.39, 0.29) is 24.0 Å². The van der Waals surface area contributed by atoms with Crippen molar-refractivity contribution in [2.24, 2.45) is 5.73 Å². The molecule has 4 rings (SSSR count). The number of carbonyl (C=O) groups is 3. The van der Waals surface area contributed by atoms with E-state index in [1.165, 1.54) is 34.9 Å². The summed E-state index contributed by atoms with van der Waals surface area (Å²) in [5, 5.41) is 17.7. The van der Waals surface area contributed by atoms with Crippen LogP contribution in [0.5, 0.6) is 0 Å². The van der Waals surface area contributed by atoms with Gasteiger partial charge in [-0.15, -0.1) is 32.3 Å². The summed E-state index contributed by atoms with van der Waals surface area (Å²) in [6.45, 7) is 4.92. The predicted octanol–water partition coefficient (Wildman–Crippen LogP) is -1.03. The molecule has 2 aromatic rings. The highest BCUT2D eigenvalue weighted by molar-refractivity contribution is 8.01. The number of amides is 3. The van der Waals surface area contributed by atoms with Gasteiger partial charge < -0.3 is 21.3 Å². The molecule has 2 aliphatic heterocycles. The number of thioether (sulfide) groups is 1. The molecule has 4 unspecified atom stereocenters. The molecule has 3 amide bonds. The predicted molar refractivity (Wildman–Crippen MR) is 124 cm³/mol. The van der Waals surface area contributed by atoms with E-state index in [9.17, 15) is 22.8 Å². The first-order valence-electron chi connectivity index (χ1n) is 10.4. The summed E-state index contributed by atoms with van der Waals surface area (Å²) in [6.07, 6.45) is 0. The van der Waals surface area contributed by atoms with Crippen LogP contribution in [0.4, 0.5) is 0 Å². The van der Waals surface area contributed by atoms with E-state index in [0.717, 1.165) is 4.09 Å². The zero-order chi connectivity index (χ0) is 24.8. The SMILES string of the molecule is CCS(=O)(=O)n1nnnc1C1N2C(=O)C(NC(=O)C(NC(=O)CN)c3cccs3)C2SC1(C)C. The quantitative estimate of drug-likeness (QED) is 0.358. The number of tetrazole rings is 1. The van der Waals surface area contributed by atoms with Crippen LogP contribution in [0.25, 0.3) is 0 Å². The third-order valence-corrected chi connectivity index (χ3v) is 9.68. The number of nitrogens with two attached hydrogens (primary N) is 1. The number of thiophene rings is 1. The minimum atomic E-state index is -3.78. The zero-order valence-corrected chi connectivity index (χ0v) is 21.0. The number of nitrogens with one attached hydrogen (secondary N) is 2. The number of β-lactam (4-membered cyclic amide) rings is 1. The van der Waals surface area contributed by atoms with Crippen molar-refractivity contribution in [3.8, 4) is 0 Å². The lowest BCUT2D eigenvalue weighted by Gasteiger charge is -2.44. The van der Waals surface area contributed by atoms with E-state index in [1.807, 2.05) is 13.8 Å². The molecule has 34 heavy (non-hydrogen) atoms. The van der Waals surface area contributed by atoms with Crippen molar-refractivity contribution >= 4 is 50.8 Å². The lowest BCUT2D eigenvalue weighted by Crippen LogP contribution is -2.68. The van der Waals surface area contributed by atoms with Gasteiger partial charge in [-0.3, -0.25) is 14.4 Å². The summed E-state index contributed by atoms with van der Waals surface area (Å²) in [5.74, 6) is -1.59. The number of carbonyl (C=O) groups excluding carboxylic acids is 3. The van der Waals surface area contributed by atoms with Gasteiger partial charge in [0.1, 0.15) is 23.5 Å². The van der Waals surface area contributed by atoms with Gasteiger partial charge in [0.05, 0.1) is 12.3 Å². The van der Waals surface area contributed by atoms with Crippen LogP contribution in [0.15, 0.2) is 17.5 Å². The molecule has 0 aromatic carbocycles. The number of fused-ring (bicyclic) bond motifs is 1.